The van der Waals surface area contributed by atoms with Crippen LogP contribution in [-0.2, 0) is 13.7 Å². The summed E-state index contributed by atoms with van der Waals surface area (Å²) < 4.78 is 7.53. The van der Waals surface area contributed by atoms with Crippen LogP contribution in [0.1, 0.15) is 27.3 Å². The molecule has 1 aromatic heterocycles. The monoisotopic (exact) mass is 335 g/mol. The first-order valence-corrected chi connectivity index (χ1v) is 8.15. The quantitative estimate of drug-likeness (QED) is 0.742. The minimum Gasteiger partial charge on any atom is -0.489 e. The molecule has 25 heavy (non-hydrogen) atoms. The summed E-state index contributed by atoms with van der Waals surface area (Å²) in [4.78, 5) is 11.7. The smallest absolute Gasteiger partial charge is 0.353 e. The fourth-order valence-electron chi connectivity index (χ4n) is 3.01. The maximum absolute atomic E-state index is 11.7. The average Bonchev–Trinajstić information content (AvgIpc) is 2.85. The van der Waals surface area contributed by atoms with Crippen molar-refractivity contribution in [2.24, 2.45) is 7.05 Å². The van der Waals surface area contributed by atoms with Crippen molar-refractivity contribution in [2.45, 2.75) is 20.5 Å². The number of nitrogens with zero attached hydrogens (tertiary/aromatic N) is 1. The first-order chi connectivity index (χ1) is 12.0. The minimum absolute atomic E-state index is 0.313. The van der Waals surface area contributed by atoms with Crippen LogP contribution in [-0.4, -0.2) is 15.6 Å². The van der Waals surface area contributed by atoms with E-state index in [0.717, 1.165) is 33.7 Å². The summed E-state index contributed by atoms with van der Waals surface area (Å²) in [6.45, 7) is 4.39. The van der Waals surface area contributed by atoms with Gasteiger partial charge in [-0.25, -0.2) is 4.79 Å². The van der Waals surface area contributed by atoms with Gasteiger partial charge < -0.3 is 14.4 Å². The van der Waals surface area contributed by atoms with E-state index < -0.39 is 5.97 Å². The molecule has 1 N–H and O–H groups in total. The Labute approximate surface area is 147 Å². The molecule has 2 aromatic carbocycles. The van der Waals surface area contributed by atoms with Gasteiger partial charge in [0, 0.05) is 18.3 Å². The number of carboxylic acids is 1. The fourth-order valence-corrected chi connectivity index (χ4v) is 3.01. The summed E-state index contributed by atoms with van der Waals surface area (Å²) in [6.07, 6.45) is 0. The summed E-state index contributed by atoms with van der Waals surface area (Å²) in [5.41, 5.74) is 5.00. The maximum Gasteiger partial charge on any atom is 0.353 e. The van der Waals surface area contributed by atoms with Crippen LogP contribution >= 0.6 is 0 Å². The summed E-state index contributed by atoms with van der Waals surface area (Å²) >= 11 is 0. The Morgan fingerprint density at radius 3 is 2.28 bits per heavy atom. The predicted octanol–water partition coefficient (Wildman–Crippen LogP) is 4.59. The lowest BCUT2D eigenvalue weighted by Crippen LogP contribution is -2.06. The molecule has 0 saturated carbocycles. The van der Waals surface area contributed by atoms with Crippen molar-refractivity contribution in [3.05, 3.63) is 77.1 Å². The van der Waals surface area contributed by atoms with E-state index in [1.165, 1.54) is 0 Å². The number of aromatic nitrogens is 1. The van der Waals surface area contributed by atoms with E-state index in [4.69, 9.17) is 4.74 Å². The van der Waals surface area contributed by atoms with Crippen LogP contribution in [0.3, 0.4) is 0 Å². The summed E-state index contributed by atoms with van der Waals surface area (Å²) in [5.74, 6) is -0.159. The molecule has 0 saturated heterocycles. The van der Waals surface area contributed by atoms with E-state index in [0.29, 0.717) is 12.3 Å². The molecule has 0 atom stereocenters. The average molecular weight is 335 g/mol. The number of ether oxygens (including phenoxy) is 1. The first kappa shape index (κ1) is 16.8. The largest absolute Gasteiger partial charge is 0.489 e. The first-order valence-electron chi connectivity index (χ1n) is 8.15. The zero-order valence-corrected chi connectivity index (χ0v) is 14.6. The zero-order valence-electron chi connectivity index (χ0n) is 14.6. The Morgan fingerprint density at radius 2 is 1.68 bits per heavy atom. The Morgan fingerprint density at radius 1 is 1.04 bits per heavy atom. The second-order valence-corrected chi connectivity index (χ2v) is 6.10. The van der Waals surface area contributed by atoms with Crippen molar-refractivity contribution < 1.29 is 14.6 Å². The van der Waals surface area contributed by atoms with Crippen LogP contribution in [0, 0.1) is 13.8 Å². The van der Waals surface area contributed by atoms with Gasteiger partial charge in [0.1, 0.15) is 18.1 Å². The molecule has 3 aromatic rings. The highest BCUT2D eigenvalue weighted by Crippen LogP contribution is 2.32. The van der Waals surface area contributed by atoms with Crippen LogP contribution in [0.4, 0.5) is 0 Å². The van der Waals surface area contributed by atoms with Crippen LogP contribution in [0.2, 0.25) is 0 Å². The van der Waals surface area contributed by atoms with Crippen molar-refractivity contribution in [2.75, 3.05) is 0 Å². The molecule has 4 heteroatoms. The van der Waals surface area contributed by atoms with Gasteiger partial charge in [-0.3, -0.25) is 0 Å². The van der Waals surface area contributed by atoms with Gasteiger partial charge >= 0.3 is 5.97 Å². The minimum atomic E-state index is -0.918. The van der Waals surface area contributed by atoms with Gasteiger partial charge in [0.05, 0.1) is 0 Å². The Bertz CT molecular complexity index is 893. The molecule has 4 nitrogen and oxygen atoms in total. The molecule has 0 amide bonds. The van der Waals surface area contributed by atoms with E-state index in [1.807, 2.05) is 68.4 Å². The topological polar surface area (TPSA) is 51.5 Å². The predicted molar refractivity (Wildman–Crippen MR) is 98.1 cm³/mol. The van der Waals surface area contributed by atoms with Crippen molar-refractivity contribution in [1.29, 1.82) is 0 Å². The lowest BCUT2D eigenvalue weighted by atomic mass is 10.0. The summed E-state index contributed by atoms with van der Waals surface area (Å²) in [5, 5.41) is 9.56. The Kier molecular flexibility index (Phi) is 4.61. The van der Waals surface area contributed by atoms with Crippen LogP contribution in [0.25, 0.3) is 11.1 Å². The molecule has 0 fully saturated rings. The van der Waals surface area contributed by atoms with Gasteiger partial charge in [-0.1, -0.05) is 42.5 Å². The van der Waals surface area contributed by atoms with Crippen LogP contribution in [0.5, 0.6) is 5.75 Å². The molecule has 0 radical (unpaired) electrons. The molecular weight excluding hydrogens is 314 g/mol. The van der Waals surface area contributed by atoms with Gasteiger partial charge in [-0.2, -0.15) is 0 Å². The highest BCUT2D eigenvalue weighted by Gasteiger charge is 2.22. The van der Waals surface area contributed by atoms with Crippen molar-refractivity contribution in [1.82, 2.24) is 4.57 Å². The number of carbonyl (C=O) groups is 1. The highest BCUT2D eigenvalue weighted by atomic mass is 16.5. The number of carboxylic acid groups (broad SMARTS) is 1. The summed E-state index contributed by atoms with van der Waals surface area (Å²) in [6, 6.07) is 17.6. The lowest BCUT2D eigenvalue weighted by Gasteiger charge is -2.08. The van der Waals surface area contributed by atoms with Crippen molar-refractivity contribution in [3.8, 4) is 16.9 Å². The molecular formula is C21H21NO3. The number of aromatic carboxylic acids is 1. The third-order valence-corrected chi connectivity index (χ3v) is 4.59. The van der Waals surface area contributed by atoms with Gasteiger partial charge in [0.15, 0.2) is 0 Å². The third kappa shape index (κ3) is 3.29. The fraction of sp³-hybridized carbons (Fsp3) is 0.190. The van der Waals surface area contributed by atoms with Crippen molar-refractivity contribution in [3.63, 3.8) is 0 Å². The number of rotatable bonds is 5. The molecule has 128 valence electrons. The van der Waals surface area contributed by atoms with E-state index in [1.54, 1.807) is 11.6 Å². The Balaban J connectivity index is 1.86. The zero-order chi connectivity index (χ0) is 18.0. The van der Waals surface area contributed by atoms with Gasteiger partial charge in [0.25, 0.3) is 0 Å². The molecule has 0 unspecified atom stereocenters. The molecule has 0 spiro atoms. The Hall–Kier alpha value is -3.01. The normalized spacial score (nSPS) is 10.7. The molecule has 0 aliphatic rings. The van der Waals surface area contributed by atoms with Gasteiger partial charge in [-0.05, 0) is 42.7 Å². The number of benzene rings is 2. The van der Waals surface area contributed by atoms with E-state index >= 15 is 0 Å². The van der Waals surface area contributed by atoms with E-state index in [-0.39, 0.29) is 0 Å². The molecule has 1 heterocycles. The molecule has 0 bridgehead atoms. The second-order valence-electron chi connectivity index (χ2n) is 6.10. The highest BCUT2D eigenvalue weighted by molar-refractivity contribution is 5.96. The molecule has 3 rings (SSSR count). The van der Waals surface area contributed by atoms with Gasteiger partial charge in [0.2, 0.25) is 0 Å². The SMILES string of the molecule is Cc1c(-c2ccc(OCc3ccccc3)cc2)c(C(=O)O)n(C)c1C. The van der Waals surface area contributed by atoms with E-state index in [9.17, 15) is 9.90 Å². The third-order valence-electron chi connectivity index (χ3n) is 4.59. The van der Waals surface area contributed by atoms with Crippen LogP contribution in [0.15, 0.2) is 54.6 Å². The maximum atomic E-state index is 11.7. The molecule has 0 aliphatic carbocycles. The molecule has 0 aliphatic heterocycles. The lowest BCUT2D eigenvalue weighted by molar-refractivity contribution is 0.0687. The van der Waals surface area contributed by atoms with E-state index in [2.05, 4.69) is 0 Å². The summed E-state index contributed by atoms with van der Waals surface area (Å²) in [7, 11) is 1.78. The second kappa shape index (κ2) is 6.85. The van der Waals surface area contributed by atoms with Crippen molar-refractivity contribution >= 4 is 5.97 Å². The van der Waals surface area contributed by atoms with Crippen LogP contribution < -0.4 is 4.74 Å². The standard InChI is InChI=1S/C21H21NO3/c1-14-15(2)22(3)20(21(23)24)19(14)17-9-11-18(12-10-17)25-13-16-7-5-4-6-8-16/h4-12H,13H2,1-3H3,(H,23,24). The number of hydrogen-bond acceptors (Lipinski definition) is 2. The number of hydrogen-bond donors (Lipinski definition) is 1. The van der Waals surface area contributed by atoms with Gasteiger partial charge in [-0.15, -0.1) is 0 Å².